The Balaban J connectivity index is 2.44. The van der Waals surface area contributed by atoms with Crippen LogP contribution in [0.4, 0.5) is 4.79 Å². The molecule has 1 unspecified atom stereocenters. The molecule has 2 amide bonds. The molecule has 0 saturated carbocycles. The van der Waals surface area contributed by atoms with E-state index in [0.29, 0.717) is 16.9 Å². The molecule has 1 heterocycles. The number of nitrogens with zero attached hydrogens (tertiary/aromatic N) is 2. The van der Waals surface area contributed by atoms with Gasteiger partial charge in [-0.25, -0.2) is 4.79 Å². The van der Waals surface area contributed by atoms with E-state index in [-0.39, 0.29) is 5.96 Å². The Morgan fingerprint density at radius 1 is 1.52 bits per heavy atom. The second kappa shape index (κ2) is 6.14. The number of hydrogen-bond donors (Lipinski definition) is 4. The van der Waals surface area contributed by atoms with Crippen LogP contribution in [0, 0.1) is 11.3 Å². The number of hydrogen-bond acceptors (Lipinski definition) is 5. The number of nitrogens with one attached hydrogen (secondary N) is 2. The highest BCUT2D eigenvalue weighted by molar-refractivity contribution is 5.95. The Bertz CT molecular complexity index is 693. The molecular formula is C15H19N5O3. The Morgan fingerprint density at radius 3 is 2.78 bits per heavy atom. The van der Waals surface area contributed by atoms with Gasteiger partial charge in [0.2, 0.25) is 0 Å². The number of ether oxygens (including phenoxy) is 1. The summed E-state index contributed by atoms with van der Waals surface area (Å²) >= 11 is 0. The van der Waals surface area contributed by atoms with Crippen molar-refractivity contribution in [1.29, 1.82) is 5.26 Å². The lowest BCUT2D eigenvalue weighted by Crippen LogP contribution is -2.56. The van der Waals surface area contributed by atoms with Gasteiger partial charge < -0.3 is 20.9 Å². The molecule has 122 valence electrons. The third-order valence-corrected chi connectivity index (χ3v) is 3.63. The SMILES string of the molecule is CN=C(NC(N)=O)NC1c2cc(C#N)ccc2OC(C)(C)[C@H]1O. The molecule has 2 rings (SSSR count). The number of aliphatic hydroxyl groups excluding tert-OH is 1. The predicted octanol–water partition coefficient (Wildman–Crippen LogP) is 0.375. The fourth-order valence-electron chi connectivity index (χ4n) is 2.45. The number of aliphatic hydroxyl groups is 1. The first-order valence-corrected chi connectivity index (χ1v) is 6.99. The zero-order chi connectivity index (χ0) is 17.2. The van der Waals surface area contributed by atoms with E-state index in [4.69, 9.17) is 15.7 Å². The third-order valence-electron chi connectivity index (χ3n) is 3.63. The van der Waals surface area contributed by atoms with Crippen LogP contribution in [0.1, 0.15) is 31.0 Å². The van der Waals surface area contributed by atoms with Gasteiger partial charge in [0.05, 0.1) is 17.7 Å². The summed E-state index contributed by atoms with van der Waals surface area (Å²) in [6.45, 7) is 3.50. The third kappa shape index (κ3) is 3.35. The van der Waals surface area contributed by atoms with Crippen molar-refractivity contribution in [3.8, 4) is 11.8 Å². The number of carbonyl (C=O) groups is 1. The summed E-state index contributed by atoms with van der Waals surface area (Å²) in [4.78, 5) is 14.9. The van der Waals surface area contributed by atoms with Gasteiger partial charge in [-0.15, -0.1) is 0 Å². The number of rotatable bonds is 1. The average molecular weight is 317 g/mol. The zero-order valence-electron chi connectivity index (χ0n) is 13.1. The van der Waals surface area contributed by atoms with Crippen molar-refractivity contribution in [2.45, 2.75) is 31.6 Å². The number of aliphatic imine (C=N–C) groups is 1. The highest BCUT2D eigenvalue weighted by atomic mass is 16.5. The molecule has 0 spiro atoms. The van der Waals surface area contributed by atoms with Gasteiger partial charge in [-0.1, -0.05) is 0 Å². The monoisotopic (exact) mass is 317 g/mol. The van der Waals surface area contributed by atoms with Crippen LogP contribution < -0.4 is 21.1 Å². The van der Waals surface area contributed by atoms with E-state index >= 15 is 0 Å². The molecule has 0 bridgehead atoms. The molecule has 1 aliphatic heterocycles. The van der Waals surface area contributed by atoms with Gasteiger partial charge in [-0.2, -0.15) is 5.26 Å². The Labute approximate surface area is 134 Å². The van der Waals surface area contributed by atoms with E-state index in [0.717, 1.165) is 0 Å². The van der Waals surface area contributed by atoms with Gasteiger partial charge in [-0.05, 0) is 32.0 Å². The number of nitrogens with two attached hydrogens (primary N) is 1. The molecule has 2 atom stereocenters. The van der Waals surface area contributed by atoms with Gasteiger partial charge >= 0.3 is 6.03 Å². The highest BCUT2D eigenvalue weighted by Gasteiger charge is 2.43. The fraction of sp³-hybridized carbons (Fsp3) is 0.400. The molecule has 1 aromatic rings. The normalized spacial score (nSPS) is 22.3. The minimum atomic E-state index is -0.949. The highest BCUT2D eigenvalue weighted by Crippen LogP contribution is 2.40. The zero-order valence-corrected chi connectivity index (χ0v) is 13.1. The van der Waals surface area contributed by atoms with E-state index in [1.807, 2.05) is 6.07 Å². The minimum absolute atomic E-state index is 0.118. The largest absolute Gasteiger partial charge is 0.485 e. The summed E-state index contributed by atoms with van der Waals surface area (Å²) in [5, 5.41) is 25.0. The van der Waals surface area contributed by atoms with E-state index in [9.17, 15) is 9.90 Å². The molecule has 0 fully saturated rings. The van der Waals surface area contributed by atoms with E-state index in [1.54, 1.807) is 32.0 Å². The molecule has 0 saturated heterocycles. The maximum atomic E-state index is 11.0. The van der Waals surface area contributed by atoms with Crippen LogP contribution in [0.5, 0.6) is 5.75 Å². The minimum Gasteiger partial charge on any atom is -0.485 e. The molecule has 5 N–H and O–H groups in total. The van der Waals surface area contributed by atoms with Crippen molar-refractivity contribution in [2.24, 2.45) is 10.7 Å². The fourth-order valence-corrected chi connectivity index (χ4v) is 2.45. The first-order chi connectivity index (χ1) is 10.8. The molecule has 23 heavy (non-hydrogen) atoms. The molecule has 8 nitrogen and oxygen atoms in total. The predicted molar refractivity (Wildman–Crippen MR) is 83.8 cm³/mol. The standard InChI is InChI=1S/C15H19N5O3/c1-15(2)12(21)11(19-14(18-3)20-13(17)22)9-6-8(7-16)4-5-10(9)23-15/h4-6,11-12,21H,1-3H3,(H4,17,18,19,20,22)/t11?,12-/m0/s1. The quantitative estimate of drug-likeness (QED) is 0.439. The summed E-state index contributed by atoms with van der Waals surface area (Å²) in [5.74, 6) is 0.666. The van der Waals surface area contributed by atoms with Gasteiger partial charge in [0.1, 0.15) is 17.5 Å². The maximum absolute atomic E-state index is 11.0. The summed E-state index contributed by atoms with van der Waals surface area (Å²) in [5.41, 5.74) is 5.26. The number of benzene rings is 1. The molecule has 1 aromatic carbocycles. The summed E-state index contributed by atoms with van der Waals surface area (Å²) in [7, 11) is 1.47. The number of fused-ring (bicyclic) bond motifs is 1. The van der Waals surface area contributed by atoms with Gasteiger partial charge in [0.25, 0.3) is 0 Å². The van der Waals surface area contributed by atoms with Gasteiger partial charge in [-0.3, -0.25) is 10.3 Å². The Hall–Kier alpha value is -2.79. The average Bonchev–Trinajstić information content (AvgIpc) is 2.49. The van der Waals surface area contributed by atoms with E-state index < -0.39 is 23.8 Å². The first kappa shape index (κ1) is 16.6. The molecule has 0 radical (unpaired) electrons. The topological polar surface area (TPSA) is 133 Å². The number of amides is 2. The second-order valence-corrected chi connectivity index (χ2v) is 5.70. The molecule has 0 aliphatic carbocycles. The maximum Gasteiger partial charge on any atom is 0.318 e. The summed E-state index contributed by atoms with van der Waals surface area (Å²) in [6.07, 6.45) is -0.949. The Kier molecular flexibility index (Phi) is 4.43. The van der Waals surface area contributed by atoms with Crippen molar-refractivity contribution >= 4 is 12.0 Å². The van der Waals surface area contributed by atoms with Gasteiger partial charge in [0.15, 0.2) is 5.96 Å². The smallest absolute Gasteiger partial charge is 0.318 e. The van der Waals surface area contributed by atoms with Crippen LogP contribution >= 0.6 is 0 Å². The lowest BCUT2D eigenvalue weighted by molar-refractivity contribution is -0.0611. The van der Waals surface area contributed by atoms with Crippen molar-refractivity contribution in [3.63, 3.8) is 0 Å². The molecule has 8 heteroatoms. The van der Waals surface area contributed by atoms with E-state index in [2.05, 4.69) is 15.6 Å². The Morgan fingerprint density at radius 2 is 2.22 bits per heavy atom. The van der Waals surface area contributed by atoms with Crippen molar-refractivity contribution < 1.29 is 14.6 Å². The van der Waals surface area contributed by atoms with Crippen LogP contribution in [0.15, 0.2) is 23.2 Å². The van der Waals surface area contributed by atoms with Crippen LogP contribution in [-0.4, -0.2) is 35.8 Å². The number of carbonyl (C=O) groups excluding carboxylic acids is 1. The van der Waals surface area contributed by atoms with Crippen LogP contribution in [-0.2, 0) is 0 Å². The van der Waals surface area contributed by atoms with Crippen molar-refractivity contribution in [2.75, 3.05) is 7.05 Å². The van der Waals surface area contributed by atoms with Crippen LogP contribution in [0.25, 0.3) is 0 Å². The van der Waals surface area contributed by atoms with Crippen molar-refractivity contribution in [3.05, 3.63) is 29.3 Å². The van der Waals surface area contributed by atoms with Gasteiger partial charge in [0, 0.05) is 12.6 Å². The summed E-state index contributed by atoms with van der Waals surface area (Å²) in [6, 6.07) is 5.59. The molecule has 0 aromatic heterocycles. The van der Waals surface area contributed by atoms with Crippen LogP contribution in [0.2, 0.25) is 0 Å². The van der Waals surface area contributed by atoms with Crippen LogP contribution in [0.3, 0.4) is 0 Å². The lowest BCUT2D eigenvalue weighted by atomic mass is 9.86. The first-order valence-electron chi connectivity index (χ1n) is 6.99. The summed E-state index contributed by atoms with van der Waals surface area (Å²) < 4.78 is 5.81. The number of guanidine groups is 1. The van der Waals surface area contributed by atoms with E-state index in [1.165, 1.54) is 7.05 Å². The second-order valence-electron chi connectivity index (χ2n) is 5.70. The number of nitriles is 1. The molecule has 1 aliphatic rings. The lowest BCUT2D eigenvalue weighted by Gasteiger charge is -2.42. The van der Waals surface area contributed by atoms with Crippen molar-refractivity contribution in [1.82, 2.24) is 10.6 Å². The number of primary amides is 1. The molecular weight excluding hydrogens is 298 g/mol. The number of urea groups is 1.